The predicted molar refractivity (Wildman–Crippen MR) is 106 cm³/mol. The van der Waals surface area contributed by atoms with Gasteiger partial charge in [0.25, 0.3) is 0 Å². The van der Waals surface area contributed by atoms with E-state index in [1.807, 2.05) is 78.9 Å². The van der Waals surface area contributed by atoms with Gasteiger partial charge in [0.2, 0.25) is 5.91 Å². The fourth-order valence-corrected chi connectivity index (χ4v) is 2.94. The minimum absolute atomic E-state index is 0.00392. The number of amides is 1. The largest absolute Gasteiger partial charge is 0.344 e. The number of hydrogen-bond donors (Lipinski definition) is 2. The molecule has 0 fully saturated rings. The molecule has 1 amide bonds. The van der Waals surface area contributed by atoms with Crippen LogP contribution in [0.3, 0.4) is 0 Å². The molecule has 3 nitrogen and oxygen atoms in total. The zero-order valence-electron chi connectivity index (χ0n) is 14.8. The van der Waals surface area contributed by atoms with Crippen molar-refractivity contribution < 1.29 is 4.79 Å². The summed E-state index contributed by atoms with van der Waals surface area (Å²) in [4.78, 5) is 12.4. The van der Waals surface area contributed by atoms with Crippen molar-refractivity contribution in [1.82, 2.24) is 10.6 Å². The van der Waals surface area contributed by atoms with Gasteiger partial charge in [-0.1, -0.05) is 91.0 Å². The summed E-state index contributed by atoms with van der Waals surface area (Å²) in [5.74, 6) is -0.00392. The van der Waals surface area contributed by atoms with Crippen LogP contribution in [0.15, 0.2) is 91.0 Å². The minimum Gasteiger partial charge on any atom is -0.344 e. The Morgan fingerprint density at radius 2 is 1.23 bits per heavy atom. The smallest absolute Gasteiger partial charge is 0.234 e. The van der Waals surface area contributed by atoms with Gasteiger partial charge in [-0.25, -0.2) is 0 Å². The molecule has 0 unspecified atom stereocenters. The van der Waals surface area contributed by atoms with Crippen LogP contribution in [0.4, 0.5) is 0 Å². The molecule has 0 heterocycles. The van der Waals surface area contributed by atoms with Gasteiger partial charge < -0.3 is 10.6 Å². The number of nitrogens with one attached hydrogen (secondary N) is 2. The topological polar surface area (TPSA) is 41.1 Å². The highest BCUT2D eigenvalue weighted by atomic mass is 16.1. The van der Waals surface area contributed by atoms with E-state index in [0.717, 1.165) is 24.1 Å². The molecule has 26 heavy (non-hydrogen) atoms. The maximum atomic E-state index is 12.4. The molecule has 132 valence electrons. The van der Waals surface area contributed by atoms with Crippen LogP contribution in [-0.4, -0.2) is 19.0 Å². The summed E-state index contributed by atoms with van der Waals surface area (Å²) in [7, 11) is 0. The van der Waals surface area contributed by atoms with Gasteiger partial charge in [-0.3, -0.25) is 4.79 Å². The van der Waals surface area contributed by atoms with Crippen LogP contribution >= 0.6 is 0 Å². The Labute approximate surface area is 155 Å². The van der Waals surface area contributed by atoms with Crippen molar-refractivity contribution in [2.24, 2.45) is 0 Å². The van der Waals surface area contributed by atoms with Gasteiger partial charge >= 0.3 is 0 Å². The maximum Gasteiger partial charge on any atom is 0.234 e. The van der Waals surface area contributed by atoms with Crippen LogP contribution in [-0.2, 0) is 11.2 Å². The molecule has 0 saturated carbocycles. The van der Waals surface area contributed by atoms with Crippen LogP contribution in [0.5, 0.6) is 0 Å². The standard InChI is InChI=1S/C23H24N2O/c26-22(18-24-17-16-19-10-4-1-5-11-19)25-23(20-12-6-2-7-13-20)21-14-8-3-9-15-21/h1-15,23-24H,16-18H2,(H,25,26). The van der Waals surface area contributed by atoms with Crippen LogP contribution in [0.1, 0.15) is 22.7 Å². The summed E-state index contributed by atoms with van der Waals surface area (Å²) in [6.07, 6.45) is 0.912. The van der Waals surface area contributed by atoms with Crippen molar-refractivity contribution in [2.45, 2.75) is 12.5 Å². The van der Waals surface area contributed by atoms with Gasteiger partial charge in [-0.2, -0.15) is 0 Å². The third kappa shape index (κ3) is 5.30. The Bertz CT molecular complexity index is 749. The van der Waals surface area contributed by atoms with E-state index in [2.05, 4.69) is 22.8 Å². The average Bonchev–Trinajstić information content (AvgIpc) is 2.71. The Morgan fingerprint density at radius 3 is 1.77 bits per heavy atom. The van der Waals surface area contributed by atoms with Crippen LogP contribution in [0.2, 0.25) is 0 Å². The fraction of sp³-hybridized carbons (Fsp3) is 0.174. The molecule has 0 spiro atoms. The summed E-state index contributed by atoms with van der Waals surface area (Å²) in [5, 5.41) is 6.38. The van der Waals surface area contributed by atoms with Crippen molar-refractivity contribution >= 4 is 5.91 Å². The fourth-order valence-electron chi connectivity index (χ4n) is 2.94. The molecule has 0 aliphatic heterocycles. The SMILES string of the molecule is O=C(CNCCc1ccccc1)NC(c1ccccc1)c1ccccc1. The number of benzene rings is 3. The first-order chi connectivity index (χ1) is 12.8. The molecule has 0 aliphatic rings. The summed E-state index contributed by atoms with van der Waals surface area (Å²) in [6, 6.07) is 30.3. The number of rotatable bonds is 8. The van der Waals surface area contributed by atoms with E-state index in [1.54, 1.807) is 0 Å². The molecule has 0 saturated heterocycles. The van der Waals surface area contributed by atoms with E-state index in [0.29, 0.717) is 6.54 Å². The molecule has 3 rings (SSSR count). The van der Waals surface area contributed by atoms with Gasteiger partial charge in [-0.15, -0.1) is 0 Å². The van der Waals surface area contributed by atoms with Crippen LogP contribution < -0.4 is 10.6 Å². The first kappa shape index (κ1) is 17.9. The number of carbonyl (C=O) groups excluding carboxylic acids is 1. The first-order valence-electron chi connectivity index (χ1n) is 8.97. The van der Waals surface area contributed by atoms with Gasteiger partial charge in [0.15, 0.2) is 0 Å². The number of hydrogen-bond acceptors (Lipinski definition) is 2. The molecule has 2 N–H and O–H groups in total. The van der Waals surface area contributed by atoms with E-state index >= 15 is 0 Å². The highest BCUT2D eigenvalue weighted by Gasteiger charge is 2.16. The van der Waals surface area contributed by atoms with Crippen molar-refractivity contribution in [1.29, 1.82) is 0 Å². The van der Waals surface area contributed by atoms with Gasteiger partial charge in [-0.05, 0) is 29.7 Å². The lowest BCUT2D eigenvalue weighted by Gasteiger charge is -2.20. The third-order valence-electron chi connectivity index (χ3n) is 4.29. The molecule has 0 atom stereocenters. The van der Waals surface area contributed by atoms with Crippen LogP contribution in [0, 0.1) is 0 Å². The van der Waals surface area contributed by atoms with E-state index < -0.39 is 0 Å². The lowest BCUT2D eigenvalue weighted by atomic mass is 9.99. The Morgan fingerprint density at radius 1 is 0.731 bits per heavy atom. The lowest BCUT2D eigenvalue weighted by Crippen LogP contribution is -2.37. The Hall–Kier alpha value is -2.91. The van der Waals surface area contributed by atoms with Crippen molar-refractivity contribution in [3.8, 4) is 0 Å². The second-order valence-electron chi connectivity index (χ2n) is 6.23. The molecule has 0 aromatic heterocycles. The quantitative estimate of drug-likeness (QED) is 0.612. The second kappa shape index (κ2) is 9.54. The molecule has 3 aromatic carbocycles. The first-order valence-corrected chi connectivity index (χ1v) is 8.97. The maximum absolute atomic E-state index is 12.4. The van der Waals surface area contributed by atoms with E-state index in [1.165, 1.54) is 5.56 Å². The molecule has 3 aromatic rings. The molecule has 0 aliphatic carbocycles. The van der Waals surface area contributed by atoms with Gasteiger partial charge in [0.1, 0.15) is 0 Å². The van der Waals surface area contributed by atoms with Crippen molar-refractivity contribution in [3.63, 3.8) is 0 Å². The molecule has 0 radical (unpaired) electrons. The van der Waals surface area contributed by atoms with E-state index in [-0.39, 0.29) is 11.9 Å². The zero-order chi connectivity index (χ0) is 18.0. The summed E-state index contributed by atoms with van der Waals surface area (Å²) in [6.45, 7) is 1.09. The summed E-state index contributed by atoms with van der Waals surface area (Å²) < 4.78 is 0. The monoisotopic (exact) mass is 344 g/mol. The second-order valence-corrected chi connectivity index (χ2v) is 6.23. The molecular formula is C23H24N2O. The third-order valence-corrected chi connectivity index (χ3v) is 4.29. The van der Waals surface area contributed by atoms with Crippen LogP contribution in [0.25, 0.3) is 0 Å². The Kier molecular flexibility index (Phi) is 6.57. The Balaban J connectivity index is 1.56. The van der Waals surface area contributed by atoms with Gasteiger partial charge in [0.05, 0.1) is 12.6 Å². The summed E-state index contributed by atoms with van der Waals surface area (Å²) >= 11 is 0. The van der Waals surface area contributed by atoms with E-state index in [9.17, 15) is 4.79 Å². The lowest BCUT2D eigenvalue weighted by molar-refractivity contribution is -0.120. The highest BCUT2D eigenvalue weighted by molar-refractivity contribution is 5.79. The zero-order valence-corrected chi connectivity index (χ0v) is 14.8. The van der Waals surface area contributed by atoms with Crippen molar-refractivity contribution in [2.75, 3.05) is 13.1 Å². The highest BCUT2D eigenvalue weighted by Crippen LogP contribution is 2.21. The van der Waals surface area contributed by atoms with Gasteiger partial charge in [0, 0.05) is 0 Å². The van der Waals surface area contributed by atoms with E-state index in [4.69, 9.17) is 0 Å². The molecular weight excluding hydrogens is 320 g/mol. The summed E-state index contributed by atoms with van der Waals surface area (Å²) in [5.41, 5.74) is 3.43. The van der Waals surface area contributed by atoms with Crippen molar-refractivity contribution in [3.05, 3.63) is 108 Å². The molecule has 3 heteroatoms. The number of carbonyl (C=O) groups is 1. The normalized spacial score (nSPS) is 10.7. The predicted octanol–water partition coefficient (Wildman–Crippen LogP) is 3.72. The minimum atomic E-state index is -0.138. The average molecular weight is 344 g/mol. The molecule has 0 bridgehead atoms.